The minimum Gasteiger partial charge on any atom is -0.481 e. The highest BCUT2D eigenvalue weighted by Crippen LogP contribution is 2.22. The fourth-order valence-electron chi connectivity index (χ4n) is 2.01. The minimum absolute atomic E-state index is 0.0167. The van der Waals surface area contributed by atoms with E-state index in [1.54, 1.807) is 6.92 Å². The molecule has 3 unspecified atom stereocenters. The molecule has 3 atom stereocenters. The van der Waals surface area contributed by atoms with Gasteiger partial charge >= 0.3 is 5.97 Å². The van der Waals surface area contributed by atoms with E-state index >= 15 is 0 Å². The van der Waals surface area contributed by atoms with Gasteiger partial charge in [-0.1, -0.05) is 12.1 Å². The quantitative estimate of drug-likeness (QED) is 0.774. The van der Waals surface area contributed by atoms with Crippen molar-refractivity contribution in [3.05, 3.63) is 29.8 Å². The van der Waals surface area contributed by atoms with Gasteiger partial charge in [-0.05, 0) is 38.5 Å². The molecule has 0 amide bonds. The second kappa shape index (κ2) is 7.75. The highest BCUT2D eigenvalue weighted by atomic mass is 35.5. The van der Waals surface area contributed by atoms with Gasteiger partial charge in [-0.25, -0.2) is 0 Å². The second-order valence-electron chi connectivity index (χ2n) is 5.12. The van der Waals surface area contributed by atoms with E-state index in [9.17, 15) is 4.79 Å². The van der Waals surface area contributed by atoms with Gasteiger partial charge < -0.3 is 10.0 Å². The Bertz CT molecular complexity index is 422. The van der Waals surface area contributed by atoms with Crippen molar-refractivity contribution in [1.29, 1.82) is 0 Å². The van der Waals surface area contributed by atoms with Crippen molar-refractivity contribution in [2.45, 2.75) is 37.4 Å². The molecule has 1 rings (SSSR count). The van der Waals surface area contributed by atoms with Crippen LogP contribution in [0.1, 0.15) is 32.3 Å². The number of hydrogen-bond donors (Lipinski definition) is 1. The molecule has 0 radical (unpaired) electrons. The van der Waals surface area contributed by atoms with Crippen LogP contribution in [0.4, 0.5) is 5.69 Å². The molecule has 0 bridgehead atoms. The van der Waals surface area contributed by atoms with Crippen molar-refractivity contribution in [2.75, 3.05) is 18.0 Å². The molecule has 112 valence electrons. The van der Waals surface area contributed by atoms with Gasteiger partial charge in [-0.15, -0.1) is 23.2 Å². The Morgan fingerprint density at radius 3 is 1.90 bits per heavy atom. The molecule has 1 aromatic carbocycles. The SMILES string of the molecule is CC(Cl)CN(CC(C)Cl)c1ccc(C(C)C(=O)O)cc1. The normalized spacial score (nSPS) is 15.4. The zero-order valence-corrected chi connectivity index (χ0v) is 13.5. The van der Waals surface area contributed by atoms with Crippen LogP contribution in [0.15, 0.2) is 24.3 Å². The molecule has 0 aliphatic heterocycles. The number of hydrogen-bond acceptors (Lipinski definition) is 2. The van der Waals surface area contributed by atoms with Crippen molar-refractivity contribution >= 4 is 34.9 Å². The fraction of sp³-hybridized carbons (Fsp3) is 0.533. The maximum absolute atomic E-state index is 11.0. The first-order valence-electron chi connectivity index (χ1n) is 6.67. The van der Waals surface area contributed by atoms with Gasteiger partial charge in [0.25, 0.3) is 0 Å². The summed E-state index contributed by atoms with van der Waals surface area (Å²) in [5, 5.41) is 9.04. The summed E-state index contributed by atoms with van der Waals surface area (Å²) in [6, 6.07) is 7.54. The molecule has 20 heavy (non-hydrogen) atoms. The molecule has 0 aliphatic carbocycles. The molecule has 5 heteroatoms. The lowest BCUT2D eigenvalue weighted by Crippen LogP contribution is -2.33. The van der Waals surface area contributed by atoms with E-state index in [4.69, 9.17) is 28.3 Å². The molecule has 0 saturated carbocycles. The van der Waals surface area contributed by atoms with Crippen LogP contribution in [0.3, 0.4) is 0 Å². The number of anilines is 1. The number of benzene rings is 1. The molecule has 0 heterocycles. The number of halogens is 2. The van der Waals surface area contributed by atoms with Gasteiger partial charge in [-0.3, -0.25) is 4.79 Å². The maximum atomic E-state index is 11.0. The number of alkyl halides is 2. The predicted molar refractivity (Wildman–Crippen MR) is 85.3 cm³/mol. The van der Waals surface area contributed by atoms with E-state index in [1.807, 2.05) is 38.1 Å². The van der Waals surface area contributed by atoms with E-state index in [-0.39, 0.29) is 10.8 Å². The van der Waals surface area contributed by atoms with Crippen LogP contribution in [0.2, 0.25) is 0 Å². The average molecular weight is 318 g/mol. The van der Waals surface area contributed by atoms with Gasteiger partial charge in [0.05, 0.1) is 5.92 Å². The average Bonchev–Trinajstić information content (AvgIpc) is 2.36. The molecule has 0 aliphatic rings. The zero-order valence-electron chi connectivity index (χ0n) is 12.0. The summed E-state index contributed by atoms with van der Waals surface area (Å²) in [6.07, 6.45) is 0. The third kappa shape index (κ3) is 5.22. The van der Waals surface area contributed by atoms with Crippen molar-refractivity contribution in [1.82, 2.24) is 0 Å². The van der Waals surface area contributed by atoms with Gasteiger partial charge in [0.15, 0.2) is 0 Å². The van der Waals surface area contributed by atoms with Crippen molar-refractivity contribution < 1.29 is 9.90 Å². The Morgan fingerprint density at radius 2 is 1.55 bits per heavy atom. The zero-order chi connectivity index (χ0) is 15.3. The monoisotopic (exact) mass is 317 g/mol. The summed E-state index contributed by atoms with van der Waals surface area (Å²) in [6.45, 7) is 6.96. The van der Waals surface area contributed by atoms with Gasteiger partial charge in [0.2, 0.25) is 0 Å². The summed E-state index contributed by atoms with van der Waals surface area (Å²) in [5.41, 5.74) is 1.80. The summed E-state index contributed by atoms with van der Waals surface area (Å²) in [4.78, 5) is 13.1. The van der Waals surface area contributed by atoms with Crippen molar-refractivity contribution in [2.24, 2.45) is 0 Å². The largest absolute Gasteiger partial charge is 0.481 e. The summed E-state index contributed by atoms with van der Waals surface area (Å²) in [7, 11) is 0. The number of carboxylic acid groups (broad SMARTS) is 1. The summed E-state index contributed by atoms with van der Waals surface area (Å²) < 4.78 is 0. The lowest BCUT2D eigenvalue weighted by molar-refractivity contribution is -0.138. The molecule has 1 aromatic rings. The predicted octanol–water partition coefficient (Wildman–Crippen LogP) is 3.94. The Hall–Kier alpha value is -0.930. The molecular weight excluding hydrogens is 297 g/mol. The molecule has 0 saturated heterocycles. The summed E-state index contributed by atoms with van der Waals surface area (Å²) in [5.74, 6) is -1.32. The molecule has 0 fully saturated rings. The van der Waals surface area contributed by atoms with E-state index in [0.717, 1.165) is 11.3 Å². The van der Waals surface area contributed by atoms with Crippen molar-refractivity contribution in [3.8, 4) is 0 Å². The smallest absolute Gasteiger partial charge is 0.310 e. The number of carboxylic acids is 1. The van der Waals surface area contributed by atoms with Crippen LogP contribution < -0.4 is 4.90 Å². The Kier molecular flexibility index (Phi) is 6.63. The van der Waals surface area contributed by atoms with E-state index in [1.165, 1.54) is 0 Å². The number of nitrogens with zero attached hydrogens (tertiary/aromatic N) is 1. The first-order chi connectivity index (χ1) is 9.31. The highest BCUT2D eigenvalue weighted by Gasteiger charge is 2.15. The van der Waals surface area contributed by atoms with E-state index in [2.05, 4.69) is 4.90 Å². The third-order valence-electron chi connectivity index (χ3n) is 3.07. The third-order valence-corrected chi connectivity index (χ3v) is 3.35. The Balaban J connectivity index is 2.89. The van der Waals surface area contributed by atoms with Crippen LogP contribution in [0, 0.1) is 0 Å². The standard InChI is InChI=1S/C15H21Cl2NO2/c1-10(16)8-18(9-11(2)17)14-6-4-13(5-7-14)12(3)15(19)20/h4-7,10-12H,8-9H2,1-3H3,(H,19,20). The van der Waals surface area contributed by atoms with Gasteiger partial charge in [-0.2, -0.15) is 0 Å². The highest BCUT2D eigenvalue weighted by molar-refractivity contribution is 6.21. The second-order valence-corrected chi connectivity index (χ2v) is 6.61. The van der Waals surface area contributed by atoms with E-state index < -0.39 is 11.9 Å². The first-order valence-corrected chi connectivity index (χ1v) is 7.54. The van der Waals surface area contributed by atoms with Gasteiger partial charge in [0, 0.05) is 29.5 Å². The number of carbonyl (C=O) groups is 1. The molecule has 1 N–H and O–H groups in total. The topological polar surface area (TPSA) is 40.5 Å². The number of rotatable bonds is 7. The molecule has 0 aromatic heterocycles. The lowest BCUT2D eigenvalue weighted by atomic mass is 10.0. The van der Waals surface area contributed by atoms with Gasteiger partial charge in [0.1, 0.15) is 0 Å². The van der Waals surface area contributed by atoms with Crippen LogP contribution in [-0.4, -0.2) is 34.9 Å². The fourth-order valence-corrected chi connectivity index (χ4v) is 2.34. The molecule has 3 nitrogen and oxygen atoms in total. The first kappa shape index (κ1) is 17.1. The van der Waals surface area contributed by atoms with Crippen LogP contribution in [0.25, 0.3) is 0 Å². The Morgan fingerprint density at radius 1 is 1.10 bits per heavy atom. The lowest BCUT2D eigenvalue weighted by Gasteiger charge is -2.27. The van der Waals surface area contributed by atoms with Crippen LogP contribution in [-0.2, 0) is 4.79 Å². The Labute approximate surface area is 130 Å². The van der Waals surface area contributed by atoms with Crippen molar-refractivity contribution in [3.63, 3.8) is 0 Å². The maximum Gasteiger partial charge on any atom is 0.310 e. The minimum atomic E-state index is -0.821. The van der Waals surface area contributed by atoms with E-state index in [0.29, 0.717) is 13.1 Å². The van der Waals surface area contributed by atoms with Crippen LogP contribution >= 0.6 is 23.2 Å². The molecular formula is C15H21Cl2NO2. The van der Waals surface area contributed by atoms with Crippen LogP contribution in [0.5, 0.6) is 0 Å². The molecule has 0 spiro atoms. The summed E-state index contributed by atoms with van der Waals surface area (Å²) >= 11 is 12.1. The number of aliphatic carboxylic acids is 1.